The van der Waals surface area contributed by atoms with Gasteiger partial charge in [0.25, 0.3) is 0 Å². The Morgan fingerprint density at radius 2 is 2.10 bits per heavy atom. The summed E-state index contributed by atoms with van der Waals surface area (Å²) in [6.45, 7) is 2.35. The van der Waals surface area contributed by atoms with Gasteiger partial charge in [0.15, 0.2) is 0 Å². The van der Waals surface area contributed by atoms with E-state index in [1.807, 2.05) is 31.2 Å². The lowest BCUT2D eigenvalue weighted by molar-refractivity contribution is -0.143. The number of likely N-dealkylation sites (tertiary alicyclic amines) is 1. The molecule has 2 N–H and O–H groups in total. The number of anilines is 1. The zero-order chi connectivity index (χ0) is 14.7. The van der Waals surface area contributed by atoms with Gasteiger partial charge in [0, 0.05) is 17.1 Å². The number of para-hydroxylation sites is 1. The number of aliphatic carboxylic acids is 1. The molecule has 1 saturated heterocycles. The van der Waals surface area contributed by atoms with Crippen molar-refractivity contribution in [2.45, 2.75) is 25.8 Å². The Bertz CT molecular complexity index is 521. The third-order valence-corrected chi connectivity index (χ3v) is 4.29. The molecule has 2 atom stereocenters. The molecule has 2 rings (SSSR count). The molecule has 1 fully saturated rings. The van der Waals surface area contributed by atoms with Gasteiger partial charge in [0.05, 0.1) is 11.6 Å². The maximum absolute atomic E-state index is 12.3. The highest BCUT2D eigenvalue weighted by atomic mass is 79.9. The highest BCUT2D eigenvalue weighted by Crippen LogP contribution is 2.25. The molecule has 1 aliphatic rings. The number of urea groups is 1. The second-order valence-electron chi connectivity index (χ2n) is 5.01. The Hall–Kier alpha value is -1.56. The molecule has 0 bridgehead atoms. The number of benzene rings is 1. The molecule has 20 heavy (non-hydrogen) atoms. The summed E-state index contributed by atoms with van der Waals surface area (Å²) in [5, 5.41) is 11.9. The highest BCUT2D eigenvalue weighted by molar-refractivity contribution is 9.10. The first-order valence-electron chi connectivity index (χ1n) is 6.54. The van der Waals surface area contributed by atoms with Gasteiger partial charge in [-0.05, 0) is 47.8 Å². The molecule has 0 aliphatic carbocycles. The first kappa shape index (κ1) is 14.8. The van der Waals surface area contributed by atoms with E-state index in [2.05, 4.69) is 21.2 Å². The summed E-state index contributed by atoms with van der Waals surface area (Å²) in [5.74, 6) is -1.12. The van der Waals surface area contributed by atoms with Gasteiger partial charge in [-0.2, -0.15) is 0 Å². The molecule has 2 unspecified atom stereocenters. The number of nitrogens with zero attached hydrogens (tertiary/aromatic N) is 1. The molecule has 1 heterocycles. The minimum Gasteiger partial charge on any atom is -0.481 e. The molecule has 108 valence electrons. The van der Waals surface area contributed by atoms with Crippen LogP contribution in [0.15, 0.2) is 28.7 Å². The van der Waals surface area contributed by atoms with Crippen molar-refractivity contribution in [1.29, 1.82) is 0 Å². The van der Waals surface area contributed by atoms with Crippen LogP contribution in [-0.4, -0.2) is 34.6 Å². The fourth-order valence-corrected chi connectivity index (χ4v) is 2.83. The quantitative estimate of drug-likeness (QED) is 0.868. The van der Waals surface area contributed by atoms with Crippen molar-refractivity contribution >= 4 is 33.6 Å². The standard InChI is InChI=1S/C14H17BrN2O3/c1-9-8-10(13(18)19)6-7-17(9)14(20)16-12-5-3-2-4-11(12)15/h2-5,9-10H,6-8H2,1H3,(H,16,20)(H,18,19). The summed E-state index contributed by atoms with van der Waals surface area (Å²) in [4.78, 5) is 24.9. The van der Waals surface area contributed by atoms with E-state index in [4.69, 9.17) is 5.11 Å². The average Bonchev–Trinajstić information content (AvgIpc) is 2.41. The van der Waals surface area contributed by atoms with Gasteiger partial charge < -0.3 is 15.3 Å². The molecule has 0 saturated carbocycles. The number of carbonyl (C=O) groups excluding carboxylic acids is 1. The lowest BCUT2D eigenvalue weighted by Crippen LogP contribution is -2.47. The average molecular weight is 341 g/mol. The van der Waals surface area contributed by atoms with E-state index in [9.17, 15) is 9.59 Å². The topological polar surface area (TPSA) is 69.6 Å². The number of carboxylic acid groups (broad SMARTS) is 1. The van der Waals surface area contributed by atoms with E-state index in [0.717, 1.165) is 4.47 Å². The van der Waals surface area contributed by atoms with E-state index >= 15 is 0 Å². The molecule has 6 heteroatoms. The number of carbonyl (C=O) groups is 2. The number of halogens is 1. The summed E-state index contributed by atoms with van der Waals surface area (Å²) in [7, 11) is 0. The van der Waals surface area contributed by atoms with Crippen molar-refractivity contribution in [2.24, 2.45) is 5.92 Å². The Balaban J connectivity index is 2.00. The zero-order valence-electron chi connectivity index (χ0n) is 11.2. The summed E-state index contributed by atoms with van der Waals surface area (Å²) in [6, 6.07) is 7.13. The maximum Gasteiger partial charge on any atom is 0.322 e. The van der Waals surface area contributed by atoms with Gasteiger partial charge in [-0.3, -0.25) is 4.79 Å². The van der Waals surface area contributed by atoms with Gasteiger partial charge >= 0.3 is 12.0 Å². The predicted octanol–water partition coefficient (Wildman–Crippen LogP) is 3.17. The van der Waals surface area contributed by atoms with Crippen LogP contribution in [0.5, 0.6) is 0 Å². The van der Waals surface area contributed by atoms with Gasteiger partial charge in [-0.15, -0.1) is 0 Å². The van der Waals surface area contributed by atoms with Crippen molar-refractivity contribution in [1.82, 2.24) is 4.90 Å². The third-order valence-electron chi connectivity index (χ3n) is 3.60. The third kappa shape index (κ3) is 3.30. The van der Waals surface area contributed by atoms with Crippen LogP contribution in [0.4, 0.5) is 10.5 Å². The van der Waals surface area contributed by atoms with Crippen molar-refractivity contribution in [2.75, 3.05) is 11.9 Å². The van der Waals surface area contributed by atoms with Crippen molar-refractivity contribution in [3.63, 3.8) is 0 Å². The Labute approximate surface area is 126 Å². The fraction of sp³-hybridized carbons (Fsp3) is 0.429. The van der Waals surface area contributed by atoms with Crippen LogP contribution >= 0.6 is 15.9 Å². The molecule has 0 radical (unpaired) electrons. The number of nitrogens with one attached hydrogen (secondary N) is 1. The predicted molar refractivity (Wildman–Crippen MR) is 79.7 cm³/mol. The maximum atomic E-state index is 12.3. The Morgan fingerprint density at radius 3 is 2.70 bits per heavy atom. The molecule has 0 spiro atoms. The van der Waals surface area contributed by atoms with Gasteiger partial charge in [0.1, 0.15) is 0 Å². The first-order valence-corrected chi connectivity index (χ1v) is 7.33. The monoisotopic (exact) mass is 340 g/mol. The zero-order valence-corrected chi connectivity index (χ0v) is 12.8. The number of amides is 2. The molecule has 5 nitrogen and oxygen atoms in total. The van der Waals surface area contributed by atoms with E-state index in [1.165, 1.54) is 0 Å². The molecule has 0 aromatic heterocycles. The Kier molecular flexibility index (Phi) is 4.65. The van der Waals surface area contributed by atoms with E-state index in [0.29, 0.717) is 25.1 Å². The number of hydrogen-bond acceptors (Lipinski definition) is 2. The van der Waals surface area contributed by atoms with Gasteiger partial charge in [-0.1, -0.05) is 12.1 Å². The molecule has 1 aliphatic heterocycles. The molecule has 2 amide bonds. The normalized spacial score (nSPS) is 22.4. The van der Waals surface area contributed by atoms with Crippen LogP contribution in [-0.2, 0) is 4.79 Å². The van der Waals surface area contributed by atoms with Crippen LogP contribution in [0.25, 0.3) is 0 Å². The van der Waals surface area contributed by atoms with Crippen LogP contribution in [0, 0.1) is 5.92 Å². The number of carboxylic acids is 1. The summed E-state index contributed by atoms with van der Waals surface area (Å²) < 4.78 is 0.821. The van der Waals surface area contributed by atoms with E-state index in [-0.39, 0.29) is 18.0 Å². The van der Waals surface area contributed by atoms with E-state index < -0.39 is 5.97 Å². The second-order valence-corrected chi connectivity index (χ2v) is 5.87. The van der Waals surface area contributed by atoms with Crippen LogP contribution in [0.1, 0.15) is 19.8 Å². The minimum atomic E-state index is -0.775. The molecular weight excluding hydrogens is 324 g/mol. The lowest BCUT2D eigenvalue weighted by atomic mass is 9.92. The smallest absolute Gasteiger partial charge is 0.322 e. The van der Waals surface area contributed by atoms with Crippen molar-refractivity contribution in [3.05, 3.63) is 28.7 Å². The number of hydrogen-bond donors (Lipinski definition) is 2. The minimum absolute atomic E-state index is 0.0765. The first-order chi connectivity index (χ1) is 9.49. The van der Waals surface area contributed by atoms with Gasteiger partial charge in [-0.25, -0.2) is 4.79 Å². The lowest BCUT2D eigenvalue weighted by Gasteiger charge is -2.36. The van der Waals surface area contributed by atoms with Gasteiger partial charge in [0.2, 0.25) is 0 Å². The SMILES string of the molecule is CC1CC(C(=O)O)CCN1C(=O)Nc1ccccc1Br. The van der Waals surface area contributed by atoms with Crippen molar-refractivity contribution in [3.8, 4) is 0 Å². The second kappa shape index (κ2) is 6.26. The fourth-order valence-electron chi connectivity index (χ4n) is 2.45. The van der Waals surface area contributed by atoms with Crippen LogP contribution < -0.4 is 5.32 Å². The number of rotatable bonds is 2. The van der Waals surface area contributed by atoms with Crippen LogP contribution in [0.3, 0.4) is 0 Å². The highest BCUT2D eigenvalue weighted by Gasteiger charge is 2.32. The summed E-state index contributed by atoms with van der Waals surface area (Å²) >= 11 is 3.38. The molecular formula is C14H17BrN2O3. The van der Waals surface area contributed by atoms with Crippen molar-refractivity contribution < 1.29 is 14.7 Å². The molecule has 1 aromatic rings. The number of piperidine rings is 1. The largest absolute Gasteiger partial charge is 0.481 e. The Morgan fingerprint density at radius 1 is 1.40 bits per heavy atom. The van der Waals surface area contributed by atoms with Crippen LogP contribution in [0.2, 0.25) is 0 Å². The van der Waals surface area contributed by atoms with E-state index in [1.54, 1.807) is 4.90 Å². The summed E-state index contributed by atoms with van der Waals surface area (Å²) in [6.07, 6.45) is 1.00. The molecule has 1 aromatic carbocycles. The summed E-state index contributed by atoms with van der Waals surface area (Å²) in [5.41, 5.74) is 0.713.